The van der Waals surface area contributed by atoms with Crippen LogP contribution in [0.25, 0.3) is 5.69 Å². The van der Waals surface area contributed by atoms with Crippen molar-refractivity contribution in [2.45, 2.75) is 44.7 Å². The number of fused-ring (bicyclic) bond motifs is 1. The third-order valence-electron chi connectivity index (χ3n) is 5.02. The molecule has 1 aliphatic carbocycles. The lowest BCUT2D eigenvalue weighted by atomic mass is 10.1. The minimum absolute atomic E-state index is 0.111. The van der Waals surface area contributed by atoms with E-state index >= 15 is 0 Å². The van der Waals surface area contributed by atoms with Crippen LogP contribution in [0.3, 0.4) is 0 Å². The molecule has 1 aromatic carbocycles. The molecule has 0 radical (unpaired) electrons. The van der Waals surface area contributed by atoms with Crippen molar-refractivity contribution < 1.29 is 9.59 Å². The van der Waals surface area contributed by atoms with Gasteiger partial charge in [-0.05, 0) is 49.8 Å². The highest BCUT2D eigenvalue weighted by Crippen LogP contribution is 2.27. The third kappa shape index (κ3) is 3.29. The Kier molecular flexibility index (Phi) is 4.60. The average molecular weight is 353 g/mol. The first-order valence-corrected chi connectivity index (χ1v) is 9.19. The van der Waals surface area contributed by atoms with Crippen LogP contribution in [0, 0.1) is 0 Å². The number of nitrogens with one attached hydrogen (secondary N) is 3. The quantitative estimate of drug-likeness (QED) is 0.777. The normalized spacial score (nSPS) is 18.9. The Bertz CT molecular complexity index is 815. The van der Waals surface area contributed by atoms with E-state index < -0.39 is 6.04 Å². The Morgan fingerprint density at radius 2 is 2.08 bits per heavy atom. The molecule has 2 heterocycles. The van der Waals surface area contributed by atoms with Crippen molar-refractivity contribution in [2.75, 3.05) is 6.54 Å². The van der Waals surface area contributed by atoms with E-state index in [2.05, 4.69) is 16.0 Å². The van der Waals surface area contributed by atoms with Crippen LogP contribution >= 0.6 is 0 Å². The Labute approximate surface area is 152 Å². The molecule has 0 bridgehead atoms. The molecular formula is C19H23N5O2. The molecule has 0 spiro atoms. The zero-order valence-electron chi connectivity index (χ0n) is 14.6. The summed E-state index contributed by atoms with van der Waals surface area (Å²) in [6.07, 6.45) is 4.67. The number of para-hydroxylation sites is 1. The fourth-order valence-electron chi connectivity index (χ4n) is 3.72. The van der Waals surface area contributed by atoms with Gasteiger partial charge in [-0.25, -0.2) is 9.48 Å². The first-order chi connectivity index (χ1) is 12.7. The minimum atomic E-state index is -0.448. The SMILES string of the molecule is O=C(NCc1nn(-c2ccccc2)c2c1CCC2)NC1CCCNC1=O. The predicted molar refractivity (Wildman–Crippen MR) is 97.0 cm³/mol. The Morgan fingerprint density at radius 3 is 2.88 bits per heavy atom. The molecule has 3 N–H and O–H groups in total. The number of aromatic nitrogens is 2. The topological polar surface area (TPSA) is 88.1 Å². The summed E-state index contributed by atoms with van der Waals surface area (Å²) >= 11 is 0. The maximum Gasteiger partial charge on any atom is 0.315 e. The molecule has 2 aliphatic rings. The maximum atomic E-state index is 12.2. The van der Waals surface area contributed by atoms with Gasteiger partial charge in [0.05, 0.1) is 17.9 Å². The highest BCUT2D eigenvalue weighted by molar-refractivity contribution is 5.87. The van der Waals surface area contributed by atoms with Gasteiger partial charge in [0.2, 0.25) is 5.91 Å². The van der Waals surface area contributed by atoms with E-state index in [1.54, 1.807) is 0 Å². The second-order valence-electron chi connectivity index (χ2n) is 6.79. The van der Waals surface area contributed by atoms with E-state index in [-0.39, 0.29) is 11.9 Å². The molecule has 1 unspecified atom stereocenters. The molecule has 3 amide bonds. The van der Waals surface area contributed by atoms with Crippen LogP contribution in [-0.4, -0.2) is 34.3 Å². The summed E-state index contributed by atoms with van der Waals surface area (Å²) < 4.78 is 1.99. The van der Waals surface area contributed by atoms with Gasteiger partial charge in [0.15, 0.2) is 0 Å². The number of carbonyl (C=O) groups excluding carboxylic acids is 2. The van der Waals surface area contributed by atoms with Gasteiger partial charge >= 0.3 is 6.03 Å². The number of urea groups is 1. The second-order valence-corrected chi connectivity index (χ2v) is 6.79. The van der Waals surface area contributed by atoms with Gasteiger partial charge in [-0.2, -0.15) is 5.10 Å². The molecule has 1 atom stereocenters. The van der Waals surface area contributed by atoms with E-state index in [9.17, 15) is 9.59 Å². The highest BCUT2D eigenvalue weighted by Gasteiger charge is 2.25. The summed E-state index contributed by atoms with van der Waals surface area (Å²) in [6.45, 7) is 1.05. The molecule has 7 heteroatoms. The van der Waals surface area contributed by atoms with E-state index in [0.29, 0.717) is 19.5 Å². The molecule has 1 aliphatic heterocycles. The second kappa shape index (κ2) is 7.19. The number of hydrogen-bond donors (Lipinski definition) is 3. The lowest BCUT2D eigenvalue weighted by Crippen LogP contribution is -2.52. The maximum absolute atomic E-state index is 12.2. The number of benzene rings is 1. The molecule has 26 heavy (non-hydrogen) atoms. The van der Waals surface area contributed by atoms with E-state index in [1.807, 2.05) is 35.0 Å². The number of piperidine rings is 1. The van der Waals surface area contributed by atoms with Crippen LogP contribution in [0.1, 0.15) is 36.2 Å². The van der Waals surface area contributed by atoms with Gasteiger partial charge in [-0.1, -0.05) is 18.2 Å². The van der Waals surface area contributed by atoms with Gasteiger partial charge in [-0.15, -0.1) is 0 Å². The van der Waals surface area contributed by atoms with Crippen molar-refractivity contribution in [3.05, 3.63) is 47.3 Å². The predicted octanol–water partition coefficient (Wildman–Crippen LogP) is 1.44. The first-order valence-electron chi connectivity index (χ1n) is 9.19. The molecule has 2 aromatic rings. The van der Waals surface area contributed by atoms with Crippen LogP contribution in [0.2, 0.25) is 0 Å². The monoisotopic (exact) mass is 353 g/mol. The molecule has 1 saturated heterocycles. The Balaban J connectivity index is 1.44. The fraction of sp³-hybridized carbons (Fsp3) is 0.421. The van der Waals surface area contributed by atoms with E-state index in [1.165, 1.54) is 11.3 Å². The standard InChI is InChI=1S/C19H23N5O2/c25-18-15(9-5-11-20-18)22-19(26)21-12-16-14-8-4-10-17(14)24(23-16)13-6-2-1-3-7-13/h1-3,6-7,15H,4-5,8-12H2,(H,20,25)(H2,21,22,26). The van der Waals surface area contributed by atoms with Crippen LogP contribution in [0.4, 0.5) is 4.79 Å². The third-order valence-corrected chi connectivity index (χ3v) is 5.02. The van der Waals surface area contributed by atoms with E-state index in [4.69, 9.17) is 5.10 Å². The Hall–Kier alpha value is -2.83. The molecule has 136 valence electrons. The zero-order valence-corrected chi connectivity index (χ0v) is 14.6. The average Bonchev–Trinajstić information content (AvgIpc) is 3.26. The molecule has 7 nitrogen and oxygen atoms in total. The molecule has 4 rings (SSSR count). The van der Waals surface area contributed by atoms with Crippen LogP contribution < -0.4 is 16.0 Å². The van der Waals surface area contributed by atoms with Crippen LogP contribution in [0.5, 0.6) is 0 Å². The first kappa shape index (κ1) is 16.6. The van der Waals surface area contributed by atoms with Gasteiger partial charge in [0.25, 0.3) is 0 Å². The number of carbonyl (C=O) groups is 2. The smallest absolute Gasteiger partial charge is 0.315 e. The lowest BCUT2D eigenvalue weighted by molar-refractivity contribution is -0.124. The summed E-state index contributed by atoms with van der Waals surface area (Å²) in [4.78, 5) is 23.9. The molecule has 1 fully saturated rings. The van der Waals surface area contributed by atoms with E-state index in [0.717, 1.165) is 37.1 Å². The van der Waals surface area contributed by atoms with Gasteiger partial charge in [0.1, 0.15) is 6.04 Å². The number of hydrogen-bond acceptors (Lipinski definition) is 3. The summed E-state index contributed by atoms with van der Waals surface area (Å²) in [7, 11) is 0. The zero-order chi connectivity index (χ0) is 17.9. The number of amides is 3. The van der Waals surface area contributed by atoms with Crippen molar-refractivity contribution in [2.24, 2.45) is 0 Å². The molecule has 1 aromatic heterocycles. The summed E-state index contributed by atoms with van der Waals surface area (Å²) in [5, 5.41) is 13.1. The van der Waals surface area contributed by atoms with Crippen molar-refractivity contribution in [1.82, 2.24) is 25.7 Å². The summed E-state index contributed by atoms with van der Waals surface area (Å²) in [6, 6.07) is 9.29. The highest BCUT2D eigenvalue weighted by atomic mass is 16.2. The van der Waals surface area contributed by atoms with Crippen molar-refractivity contribution >= 4 is 11.9 Å². The van der Waals surface area contributed by atoms with Crippen LogP contribution in [-0.2, 0) is 24.2 Å². The molecular weight excluding hydrogens is 330 g/mol. The van der Waals surface area contributed by atoms with Gasteiger partial charge in [-0.3, -0.25) is 4.79 Å². The van der Waals surface area contributed by atoms with Crippen molar-refractivity contribution in [1.29, 1.82) is 0 Å². The lowest BCUT2D eigenvalue weighted by Gasteiger charge is -2.22. The largest absolute Gasteiger partial charge is 0.354 e. The van der Waals surface area contributed by atoms with Crippen LogP contribution in [0.15, 0.2) is 30.3 Å². The summed E-state index contributed by atoms with van der Waals surface area (Å²) in [5.41, 5.74) is 4.43. The van der Waals surface area contributed by atoms with Crippen molar-refractivity contribution in [3.8, 4) is 5.69 Å². The number of nitrogens with zero attached hydrogens (tertiary/aromatic N) is 2. The summed E-state index contributed by atoms with van der Waals surface area (Å²) in [5.74, 6) is -0.111. The minimum Gasteiger partial charge on any atom is -0.354 e. The van der Waals surface area contributed by atoms with Gasteiger partial charge < -0.3 is 16.0 Å². The Morgan fingerprint density at radius 1 is 1.23 bits per heavy atom. The van der Waals surface area contributed by atoms with Gasteiger partial charge in [0, 0.05) is 12.2 Å². The molecule has 0 saturated carbocycles. The number of rotatable bonds is 4. The van der Waals surface area contributed by atoms with Crippen molar-refractivity contribution in [3.63, 3.8) is 0 Å². The fourth-order valence-corrected chi connectivity index (χ4v) is 3.72.